The lowest BCUT2D eigenvalue weighted by molar-refractivity contribution is 0.0928. The molecule has 2 aromatic heterocycles. The van der Waals surface area contributed by atoms with Crippen molar-refractivity contribution in [2.24, 2.45) is 0 Å². The van der Waals surface area contributed by atoms with E-state index in [1.54, 1.807) is 36.5 Å². The minimum absolute atomic E-state index is 0.0972. The van der Waals surface area contributed by atoms with Crippen molar-refractivity contribution in [1.29, 1.82) is 0 Å². The van der Waals surface area contributed by atoms with Crippen LogP contribution in [0.1, 0.15) is 40.6 Å². The highest BCUT2D eigenvalue weighted by molar-refractivity contribution is 6.30. The number of aromatic nitrogens is 3. The predicted molar refractivity (Wildman–Crippen MR) is 129 cm³/mol. The van der Waals surface area contributed by atoms with Gasteiger partial charge in [-0.1, -0.05) is 41.9 Å². The van der Waals surface area contributed by atoms with E-state index in [2.05, 4.69) is 15.7 Å². The molecule has 4 aromatic rings. The van der Waals surface area contributed by atoms with Crippen LogP contribution < -0.4 is 10.6 Å². The SMILES string of the molecule is CC(C)n1ncc2c(C(=O)NCCNC(=O)c3ccc(Cl)cc3)cc(-c3ccccc3)nc21. The van der Waals surface area contributed by atoms with Crippen LogP contribution in [0.5, 0.6) is 0 Å². The molecular weight excluding hydrogens is 438 g/mol. The van der Waals surface area contributed by atoms with Crippen LogP contribution in [0.3, 0.4) is 0 Å². The first-order valence-corrected chi connectivity index (χ1v) is 11.1. The third-order valence-electron chi connectivity index (χ3n) is 5.17. The van der Waals surface area contributed by atoms with Gasteiger partial charge >= 0.3 is 0 Å². The Labute approximate surface area is 196 Å². The Morgan fingerprint density at radius 3 is 2.30 bits per heavy atom. The summed E-state index contributed by atoms with van der Waals surface area (Å²) in [7, 11) is 0. The predicted octanol–water partition coefficient (Wildman–Crippen LogP) is 4.49. The van der Waals surface area contributed by atoms with Crippen molar-refractivity contribution in [2.45, 2.75) is 19.9 Å². The van der Waals surface area contributed by atoms with Gasteiger partial charge in [-0.3, -0.25) is 9.59 Å². The number of pyridine rings is 1. The number of fused-ring (bicyclic) bond motifs is 1. The highest BCUT2D eigenvalue weighted by Crippen LogP contribution is 2.26. The van der Waals surface area contributed by atoms with E-state index >= 15 is 0 Å². The molecule has 8 heteroatoms. The van der Waals surface area contributed by atoms with Gasteiger partial charge in [0.15, 0.2) is 5.65 Å². The summed E-state index contributed by atoms with van der Waals surface area (Å²) >= 11 is 5.86. The second-order valence-electron chi connectivity index (χ2n) is 7.86. The van der Waals surface area contributed by atoms with E-state index in [4.69, 9.17) is 16.6 Å². The number of hydrogen-bond donors (Lipinski definition) is 2. The van der Waals surface area contributed by atoms with Gasteiger partial charge in [0.2, 0.25) is 0 Å². The molecule has 0 saturated carbocycles. The molecule has 0 bridgehead atoms. The molecule has 0 saturated heterocycles. The first-order chi connectivity index (χ1) is 15.9. The van der Waals surface area contributed by atoms with Crippen LogP contribution >= 0.6 is 11.6 Å². The third-order valence-corrected chi connectivity index (χ3v) is 5.42. The van der Waals surface area contributed by atoms with Gasteiger partial charge in [-0.05, 0) is 44.2 Å². The van der Waals surface area contributed by atoms with Crippen molar-refractivity contribution >= 4 is 34.4 Å². The first-order valence-electron chi connectivity index (χ1n) is 10.7. The summed E-state index contributed by atoms with van der Waals surface area (Å²) in [4.78, 5) is 30.1. The molecule has 0 radical (unpaired) electrons. The summed E-state index contributed by atoms with van der Waals surface area (Å²) in [6.45, 7) is 4.61. The molecular formula is C25H24ClN5O2. The Morgan fingerprint density at radius 2 is 1.64 bits per heavy atom. The molecule has 33 heavy (non-hydrogen) atoms. The zero-order valence-electron chi connectivity index (χ0n) is 18.4. The summed E-state index contributed by atoms with van der Waals surface area (Å²) in [6, 6.07) is 18.2. The first kappa shape index (κ1) is 22.5. The average Bonchev–Trinajstić information content (AvgIpc) is 3.26. The molecule has 0 aliphatic rings. The van der Waals surface area contributed by atoms with Crippen molar-refractivity contribution < 1.29 is 9.59 Å². The topological polar surface area (TPSA) is 88.9 Å². The Hall–Kier alpha value is -3.71. The molecule has 4 rings (SSSR count). The van der Waals surface area contributed by atoms with Gasteiger partial charge in [0.25, 0.3) is 11.8 Å². The molecule has 2 N–H and O–H groups in total. The molecule has 2 heterocycles. The normalized spacial score (nSPS) is 11.0. The number of nitrogens with one attached hydrogen (secondary N) is 2. The highest BCUT2D eigenvalue weighted by atomic mass is 35.5. The van der Waals surface area contributed by atoms with Gasteiger partial charge in [-0.15, -0.1) is 0 Å². The summed E-state index contributed by atoms with van der Waals surface area (Å²) in [6.07, 6.45) is 1.67. The molecule has 0 aliphatic heterocycles. The standard InChI is InChI=1S/C25H24ClN5O2/c1-16(2)31-23-21(15-29-31)20(14-22(30-23)17-6-4-3-5-7-17)25(33)28-13-12-27-24(32)18-8-10-19(26)11-9-18/h3-11,14-16H,12-13H2,1-2H3,(H,27,32)(H,28,33). The van der Waals surface area contributed by atoms with Crippen molar-refractivity contribution in [3.05, 3.63) is 83.0 Å². The lowest BCUT2D eigenvalue weighted by Gasteiger charge is -2.11. The van der Waals surface area contributed by atoms with Crippen LogP contribution in [0.4, 0.5) is 0 Å². The third kappa shape index (κ3) is 5.04. The highest BCUT2D eigenvalue weighted by Gasteiger charge is 2.18. The fraction of sp³-hybridized carbons (Fsp3) is 0.200. The average molecular weight is 462 g/mol. The van der Waals surface area contributed by atoms with Crippen molar-refractivity contribution in [2.75, 3.05) is 13.1 Å². The maximum atomic E-state index is 13.1. The number of benzene rings is 2. The number of carbonyl (C=O) groups is 2. The van der Waals surface area contributed by atoms with Gasteiger partial charge in [0.1, 0.15) is 0 Å². The van der Waals surface area contributed by atoms with Crippen LogP contribution in [-0.2, 0) is 0 Å². The van der Waals surface area contributed by atoms with Gasteiger partial charge in [0.05, 0.1) is 22.8 Å². The van der Waals surface area contributed by atoms with E-state index in [1.165, 1.54) is 0 Å². The zero-order chi connectivity index (χ0) is 23.4. The van der Waals surface area contributed by atoms with E-state index in [9.17, 15) is 9.59 Å². The lowest BCUT2D eigenvalue weighted by atomic mass is 10.1. The Balaban J connectivity index is 1.51. The summed E-state index contributed by atoms with van der Waals surface area (Å²) in [5.41, 5.74) is 3.28. The lowest BCUT2D eigenvalue weighted by Crippen LogP contribution is -2.34. The summed E-state index contributed by atoms with van der Waals surface area (Å²) in [5, 5.41) is 11.4. The number of hydrogen-bond acceptors (Lipinski definition) is 4. The number of halogens is 1. The van der Waals surface area contributed by atoms with Gasteiger partial charge in [0, 0.05) is 35.3 Å². The van der Waals surface area contributed by atoms with E-state index in [-0.39, 0.29) is 30.9 Å². The maximum Gasteiger partial charge on any atom is 0.252 e. The van der Waals surface area contributed by atoms with Gasteiger partial charge < -0.3 is 10.6 Å². The Kier molecular flexibility index (Phi) is 6.70. The molecule has 0 unspecified atom stereocenters. The molecule has 0 atom stereocenters. The van der Waals surface area contributed by atoms with E-state index < -0.39 is 0 Å². The Bertz CT molecular complexity index is 1280. The smallest absolute Gasteiger partial charge is 0.252 e. The number of nitrogens with zero attached hydrogens (tertiary/aromatic N) is 3. The number of rotatable bonds is 7. The second-order valence-corrected chi connectivity index (χ2v) is 8.30. The maximum absolute atomic E-state index is 13.1. The molecule has 2 amide bonds. The summed E-state index contributed by atoms with van der Waals surface area (Å²) in [5.74, 6) is -0.472. The quantitative estimate of drug-likeness (QED) is 0.397. The molecule has 0 spiro atoms. The minimum Gasteiger partial charge on any atom is -0.350 e. The van der Waals surface area contributed by atoms with Crippen molar-refractivity contribution in [1.82, 2.24) is 25.4 Å². The zero-order valence-corrected chi connectivity index (χ0v) is 19.1. The monoisotopic (exact) mass is 461 g/mol. The summed E-state index contributed by atoms with van der Waals surface area (Å²) < 4.78 is 1.81. The second kappa shape index (κ2) is 9.83. The largest absolute Gasteiger partial charge is 0.350 e. The van der Waals surface area contributed by atoms with Crippen molar-refractivity contribution in [3.63, 3.8) is 0 Å². The fourth-order valence-corrected chi connectivity index (χ4v) is 3.62. The van der Waals surface area contributed by atoms with E-state index in [0.717, 1.165) is 5.56 Å². The van der Waals surface area contributed by atoms with E-state index in [0.29, 0.717) is 32.9 Å². The van der Waals surface area contributed by atoms with Crippen LogP contribution in [0.25, 0.3) is 22.3 Å². The molecule has 0 aliphatic carbocycles. The molecule has 168 valence electrons. The molecule has 0 fully saturated rings. The van der Waals surface area contributed by atoms with Crippen LogP contribution in [-0.4, -0.2) is 39.7 Å². The van der Waals surface area contributed by atoms with E-state index in [1.807, 2.05) is 48.9 Å². The van der Waals surface area contributed by atoms with Crippen LogP contribution in [0.15, 0.2) is 66.9 Å². The van der Waals surface area contributed by atoms with Gasteiger partial charge in [-0.25, -0.2) is 9.67 Å². The number of carbonyl (C=O) groups excluding carboxylic acids is 2. The van der Waals surface area contributed by atoms with Crippen LogP contribution in [0, 0.1) is 0 Å². The van der Waals surface area contributed by atoms with Gasteiger partial charge in [-0.2, -0.15) is 5.10 Å². The minimum atomic E-state index is -0.247. The molecule has 7 nitrogen and oxygen atoms in total. The number of amides is 2. The molecule has 2 aromatic carbocycles. The van der Waals surface area contributed by atoms with Crippen LogP contribution in [0.2, 0.25) is 5.02 Å². The fourth-order valence-electron chi connectivity index (χ4n) is 3.49. The van der Waals surface area contributed by atoms with Crippen molar-refractivity contribution in [3.8, 4) is 11.3 Å². The Morgan fingerprint density at radius 1 is 0.970 bits per heavy atom.